The van der Waals surface area contributed by atoms with Gasteiger partial charge in [-0.3, -0.25) is 9.59 Å². The third kappa shape index (κ3) is 7.31. The van der Waals surface area contributed by atoms with Gasteiger partial charge in [0.05, 0.1) is 12.7 Å². The minimum atomic E-state index is -0.235. The maximum Gasteiger partial charge on any atom is 0.255 e. The molecule has 0 aliphatic carbocycles. The van der Waals surface area contributed by atoms with Crippen molar-refractivity contribution in [1.82, 2.24) is 16.0 Å². The van der Waals surface area contributed by atoms with Crippen LogP contribution in [-0.2, 0) is 11.2 Å². The number of carbonyl (C=O) groups is 2. The van der Waals surface area contributed by atoms with Crippen LogP contribution in [0.25, 0.3) is 11.1 Å². The average Bonchev–Trinajstić information content (AvgIpc) is 2.73. The summed E-state index contributed by atoms with van der Waals surface area (Å²) in [7, 11) is 1.53. The quantitative estimate of drug-likeness (QED) is 0.514. The molecule has 0 saturated heterocycles. The van der Waals surface area contributed by atoms with Crippen molar-refractivity contribution in [3.63, 3.8) is 0 Å². The van der Waals surface area contributed by atoms with Gasteiger partial charge in [-0.05, 0) is 54.8 Å². The van der Waals surface area contributed by atoms with Crippen molar-refractivity contribution >= 4 is 36.6 Å². The number of benzene rings is 2. The van der Waals surface area contributed by atoms with Gasteiger partial charge in [0, 0.05) is 31.6 Å². The van der Waals surface area contributed by atoms with Gasteiger partial charge in [-0.25, -0.2) is 0 Å². The number of phenolic OH excluding ortho intramolecular Hbond substituents is 1. The molecule has 9 heteroatoms. The molecule has 1 heterocycles. The number of phenols is 1. The van der Waals surface area contributed by atoms with Gasteiger partial charge < -0.3 is 25.8 Å². The number of halogens is 2. The van der Waals surface area contributed by atoms with Gasteiger partial charge >= 0.3 is 0 Å². The molecule has 3 rings (SSSR count). The molecular weight excluding hydrogens is 441 g/mol. The summed E-state index contributed by atoms with van der Waals surface area (Å²) in [5.74, 6) is 0.404. The molecule has 0 spiro atoms. The fourth-order valence-electron chi connectivity index (χ4n) is 3.32. The fourth-order valence-corrected chi connectivity index (χ4v) is 3.32. The van der Waals surface area contributed by atoms with E-state index in [4.69, 9.17) is 4.74 Å². The number of rotatable bonds is 1. The van der Waals surface area contributed by atoms with Crippen LogP contribution in [0.2, 0.25) is 0 Å². The smallest absolute Gasteiger partial charge is 0.255 e. The van der Waals surface area contributed by atoms with E-state index in [1.807, 2.05) is 18.2 Å². The Balaban J connectivity index is 0.00000240. The van der Waals surface area contributed by atoms with Crippen molar-refractivity contribution in [3.05, 3.63) is 47.5 Å². The minimum Gasteiger partial charge on any atom is -0.507 e. The van der Waals surface area contributed by atoms with Crippen molar-refractivity contribution in [2.45, 2.75) is 19.3 Å². The Kier molecular flexibility index (Phi) is 11.2. The van der Waals surface area contributed by atoms with Gasteiger partial charge in [-0.15, -0.1) is 24.8 Å². The summed E-state index contributed by atoms with van der Waals surface area (Å²) in [5.41, 5.74) is 2.76. The Morgan fingerprint density at radius 2 is 1.68 bits per heavy atom. The highest BCUT2D eigenvalue weighted by molar-refractivity contribution is 5.98. The zero-order valence-electron chi connectivity index (χ0n) is 17.4. The van der Waals surface area contributed by atoms with Crippen LogP contribution >= 0.6 is 24.8 Å². The predicted molar refractivity (Wildman–Crippen MR) is 126 cm³/mol. The van der Waals surface area contributed by atoms with Crippen LogP contribution in [0.3, 0.4) is 0 Å². The van der Waals surface area contributed by atoms with E-state index in [-0.39, 0.29) is 42.4 Å². The molecule has 2 amide bonds. The lowest BCUT2D eigenvalue weighted by Gasteiger charge is -2.14. The summed E-state index contributed by atoms with van der Waals surface area (Å²) in [6.07, 6.45) is 1.85. The fraction of sp³-hybridized carbons (Fsp3) is 0.364. The van der Waals surface area contributed by atoms with Gasteiger partial charge in [-0.2, -0.15) is 0 Å². The van der Waals surface area contributed by atoms with Crippen LogP contribution in [0.1, 0.15) is 28.8 Å². The van der Waals surface area contributed by atoms with E-state index in [0.29, 0.717) is 55.9 Å². The van der Waals surface area contributed by atoms with Gasteiger partial charge in [0.2, 0.25) is 5.91 Å². The third-order valence-corrected chi connectivity index (χ3v) is 4.90. The molecule has 0 atom stereocenters. The SMILES string of the molecule is COc1ccc2cc1C(=O)NCCNCCCC(=O)NCCc1ccc(O)c-2c1.Cl.Cl. The number of hydrogen-bond donors (Lipinski definition) is 4. The Morgan fingerprint density at radius 1 is 0.871 bits per heavy atom. The van der Waals surface area contributed by atoms with E-state index in [9.17, 15) is 14.7 Å². The molecule has 1 aliphatic heterocycles. The molecule has 0 aromatic heterocycles. The van der Waals surface area contributed by atoms with Gasteiger partial charge in [-0.1, -0.05) is 12.1 Å². The first-order chi connectivity index (χ1) is 14.1. The van der Waals surface area contributed by atoms with E-state index in [0.717, 1.165) is 17.5 Å². The number of aromatic hydroxyl groups is 1. The van der Waals surface area contributed by atoms with Crippen LogP contribution in [0, 0.1) is 0 Å². The number of carbonyl (C=O) groups excluding carboxylic acids is 2. The summed E-state index contributed by atoms with van der Waals surface area (Å²) >= 11 is 0. The molecule has 1 aliphatic rings. The van der Waals surface area contributed by atoms with Gasteiger partial charge in [0.15, 0.2) is 0 Å². The highest BCUT2D eigenvalue weighted by Crippen LogP contribution is 2.33. The predicted octanol–water partition coefficient (Wildman–Crippen LogP) is 2.68. The molecule has 7 nitrogen and oxygen atoms in total. The Labute approximate surface area is 194 Å². The first-order valence-electron chi connectivity index (χ1n) is 9.84. The molecule has 4 N–H and O–H groups in total. The van der Waals surface area contributed by atoms with Crippen molar-refractivity contribution in [1.29, 1.82) is 0 Å². The number of methoxy groups -OCH3 is 1. The summed E-state index contributed by atoms with van der Waals surface area (Å²) in [6.45, 7) is 2.31. The third-order valence-electron chi connectivity index (χ3n) is 4.90. The van der Waals surface area contributed by atoms with Crippen LogP contribution in [-0.4, -0.2) is 50.2 Å². The van der Waals surface area contributed by atoms with Crippen LogP contribution in [0.15, 0.2) is 36.4 Å². The largest absolute Gasteiger partial charge is 0.507 e. The van der Waals surface area contributed by atoms with Crippen LogP contribution in [0.4, 0.5) is 0 Å². The highest BCUT2D eigenvalue weighted by atomic mass is 35.5. The summed E-state index contributed by atoms with van der Waals surface area (Å²) in [4.78, 5) is 24.6. The molecule has 170 valence electrons. The number of hydrogen-bond acceptors (Lipinski definition) is 5. The molecule has 2 aromatic rings. The Hall–Kier alpha value is -2.48. The Morgan fingerprint density at radius 3 is 2.45 bits per heavy atom. The van der Waals surface area contributed by atoms with Crippen LogP contribution < -0.4 is 20.7 Å². The lowest BCUT2D eigenvalue weighted by Crippen LogP contribution is -2.33. The zero-order valence-corrected chi connectivity index (χ0v) is 19.0. The lowest BCUT2D eigenvalue weighted by atomic mass is 9.98. The number of fused-ring (bicyclic) bond motifs is 5. The van der Waals surface area contributed by atoms with E-state index < -0.39 is 0 Å². The highest BCUT2D eigenvalue weighted by Gasteiger charge is 2.15. The normalized spacial score (nSPS) is 15.1. The molecule has 0 radical (unpaired) electrons. The molecule has 0 saturated carbocycles. The molecule has 4 bridgehead atoms. The number of amides is 2. The lowest BCUT2D eigenvalue weighted by molar-refractivity contribution is -0.121. The topological polar surface area (TPSA) is 99.7 Å². The number of ether oxygens (including phenoxy) is 1. The molecule has 31 heavy (non-hydrogen) atoms. The standard InChI is InChI=1S/C22H27N3O4.2ClH/c1-29-20-7-5-16-14-18(20)22(28)25-12-11-23-9-2-3-21(27)24-10-8-15-4-6-19(26)17(16)13-15;;/h4-7,13-14,23,26H,2-3,8-12H2,1H3,(H,24,27)(H,25,28);2*1H. The van der Waals surface area contributed by atoms with Gasteiger partial charge in [0.25, 0.3) is 5.91 Å². The second-order valence-electron chi connectivity index (χ2n) is 6.98. The second kappa shape index (κ2) is 13.0. The molecule has 0 fully saturated rings. The first kappa shape index (κ1) is 26.6. The first-order valence-corrected chi connectivity index (χ1v) is 9.84. The van der Waals surface area contributed by atoms with Gasteiger partial charge in [0.1, 0.15) is 11.5 Å². The maximum atomic E-state index is 12.7. The van der Waals surface area contributed by atoms with Crippen molar-refractivity contribution in [2.75, 3.05) is 33.3 Å². The van der Waals surface area contributed by atoms with E-state index in [1.165, 1.54) is 7.11 Å². The molecule has 2 aromatic carbocycles. The summed E-state index contributed by atoms with van der Waals surface area (Å²) < 4.78 is 5.35. The van der Waals surface area contributed by atoms with Crippen molar-refractivity contribution in [2.24, 2.45) is 0 Å². The van der Waals surface area contributed by atoms with Crippen LogP contribution in [0.5, 0.6) is 11.5 Å². The second-order valence-corrected chi connectivity index (χ2v) is 6.98. The Bertz CT molecular complexity index is 893. The average molecular weight is 470 g/mol. The monoisotopic (exact) mass is 469 g/mol. The van der Waals surface area contributed by atoms with E-state index in [1.54, 1.807) is 18.2 Å². The molecule has 0 unspecified atom stereocenters. The van der Waals surface area contributed by atoms with E-state index in [2.05, 4.69) is 16.0 Å². The summed E-state index contributed by atoms with van der Waals surface area (Å²) in [5, 5.41) is 19.4. The summed E-state index contributed by atoms with van der Waals surface area (Å²) in [6, 6.07) is 10.6. The van der Waals surface area contributed by atoms with E-state index >= 15 is 0 Å². The number of nitrogens with one attached hydrogen (secondary N) is 3. The minimum absolute atomic E-state index is 0. The maximum absolute atomic E-state index is 12.7. The molecular formula is C22H29Cl2N3O4. The zero-order chi connectivity index (χ0) is 20.6. The van der Waals surface area contributed by atoms with Crippen molar-refractivity contribution in [3.8, 4) is 22.6 Å². The van der Waals surface area contributed by atoms with Crippen molar-refractivity contribution < 1.29 is 19.4 Å².